The van der Waals surface area contributed by atoms with Crippen molar-refractivity contribution in [2.24, 2.45) is 0 Å². The third kappa shape index (κ3) is 3.78. The van der Waals surface area contributed by atoms with E-state index in [9.17, 15) is 13.2 Å². The van der Waals surface area contributed by atoms with Gasteiger partial charge in [0.1, 0.15) is 22.2 Å². The number of hydrogen-bond donors (Lipinski definition) is 1. The summed E-state index contributed by atoms with van der Waals surface area (Å²) in [6, 6.07) is 7.30. The third-order valence-electron chi connectivity index (χ3n) is 3.85. The molecule has 0 aliphatic carbocycles. The molecule has 148 valence electrons. The van der Waals surface area contributed by atoms with Crippen LogP contribution in [0.1, 0.15) is 11.5 Å². The number of pyridine rings is 1. The molecule has 2 N–H and O–H groups in total. The van der Waals surface area contributed by atoms with Crippen LogP contribution in [0, 0.1) is 6.92 Å². The van der Waals surface area contributed by atoms with E-state index in [0.717, 1.165) is 17.8 Å². The lowest BCUT2D eigenvalue weighted by Gasteiger charge is -2.10. The Bertz CT molecular complexity index is 1160. The molecule has 0 saturated heterocycles. The normalized spacial score (nSPS) is 11.7. The minimum atomic E-state index is -4.66. The first-order valence-electron chi connectivity index (χ1n) is 8.13. The van der Waals surface area contributed by atoms with Crippen LogP contribution < -0.4 is 5.84 Å². The monoisotopic (exact) mass is 419 g/mol. The van der Waals surface area contributed by atoms with Crippen LogP contribution in [0.25, 0.3) is 22.9 Å². The molecule has 12 heteroatoms. The van der Waals surface area contributed by atoms with Crippen molar-refractivity contribution in [1.29, 1.82) is 0 Å². The highest BCUT2D eigenvalue weighted by Crippen LogP contribution is 2.34. The molecule has 4 heterocycles. The number of hydrogen-bond acceptors (Lipinski definition) is 8. The van der Waals surface area contributed by atoms with Crippen LogP contribution in [-0.2, 0) is 6.18 Å². The van der Waals surface area contributed by atoms with Gasteiger partial charge in [-0.25, -0.2) is 14.6 Å². The van der Waals surface area contributed by atoms with E-state index in [1.807, 2.05) is 0 Å². The largest absolute Gasteiger partial charge is 0.469 e. The molecular weight excluding hydrogens is 407 g/mol. The van der Waals surface area contributed by atoms with Crippen molar-refractivity contribution < 1.29 is 17.6 Å². The van der Waals surface area contributed by atoms with Crippen molar-refractivity contribution in [3.8, 4) is 22.9 Å². The second-order valence-electron chi connectivity index (χ2n) is 5.80. The second kappa shape index (κ2) is 7.20. The SMILES string of the molecule is Cc1occc1-c1nnc(Sc2cc(C(F)(F)F)nc(-c3ccccn3)n2)n1N. The molecule has 0 aromatic carbocycles. The van der Waals surface area contributed by atoms with Crippen LogP contribution in [0.3, 0.4) is 0 Å². The summed E-state index contributed by atoms with van der Waals surface area (Å²) in [5.41, 5.74) is -0.256. The van der Waals surface area contributed by atoms with E-state index < -0.39 is 11.9 Å². The topological polar surface area (TPSA) is 109 Å². The Morgan fingerprint density at radius 1 is 1.14 bits per heavy atom. The number of rotatable bonds is 4. The molecule has 4 aromatic rings. The minimum Gasteiger partial charge on any atom is -0.469 e. The Morgan fingerprint density at radius 3 is 2.62 bits per heavy atom. The Balaban J connectivity index is 1.74. The fourth-order valence-electron chi connectivity index (χ4n) is 2.47. The van der Waals surface area contributed by atoms with Gasteiger partial charge in [-0.05, 0) is 36.9 Å². The number of aryl methyl sites for hydroxylation is 1. The highest BCUT2D eigenvalue weighted by molar-refractivity contribution is 7.99. The zero-order chi connectivity index (χ0) is 20.6. The minimum absolute atomic E-state index is 0.00236. The summed E-state index contributed by atoms with van der Waals surface area (Å²) in [5, 5.41) is 8.11. The molecule has 0 radical (unpaired) electrons. The molecule has 0 saturated carbocycles. The lowest BCUT2D eigenvalue weighted by Crippen LogP contribution is -2.12. The lowest BCUT2D eigenvalue weighted by atomic mass is 10.2. The lowest BCUT2D eigenvalue weighted by molar-refractivity contribution is -0.141. The molecule has 4 aromatic heterocycles. The fourth-order valence-corrected chi connectivity index (χ4v) is 3.23. The van der Waals surface area contributed by atoms with Gasteiger partial charge in [-0.3, -0.25) is 4.98 Å². The van der Waals surface area contributed by atoms with E-state index in [-0.39, 0.29) is 21.7 Å². The first-order valence-corrected chi connectivity index (χ1v) is 8.95. The molecule has 0 amide bonds. The molecule has 0 spiro atoms. The third-order valence-corrected chi connectivity index (χ3v) is 4.73. The van der Waals surface area contributed by atoms with E-state index >= 15 is 0 Å². The van der Waals surface area contributed by atoms with E-state index in [1.54, 1.807) is 25.1 Å². The van der Waals surface area contributed by atoms with Crippen molar-refractivity contribution in [1.82, 2.24) is 29.8 Å². The molecule has 29 heavy (non-hydrogen) atoms. The molecular formula is C17H12F3N7OS. The molecule has 0 bridgehead atoms. The van der Waals surface area contributed by atoms with E-state index in [0.29, 0.717) is 17.1 Å². The van der Waals surface area contributed by atoms with Gasteiger partial charge in [0.05, 0.1) is 11.8 Å². The Kier molecular flexibility index (Phi) is 4.70. The molecule has 0 fully saturated rings. The zero-order valence-electron chi connectivity index (χ0n) is 14.8. The van der Waals surface area contributed by atoms with Crippen LogP contribution in [0.5, 0.6) is 0 Å². The summed E-state index contributed by atoms with van der Waals surface area (Å²) in [6.45, 7) is 1.73. The zero-order valence-corrected chi connectivity index (χ0v) is 15.6. The fraction of sp³-hybridized carbons (Fsp3) is 0.118. The molecule has 0 unspecified atom stereocenters. The number of alkyl halides is 3. The van der Waals surface area contributed by atoms with E-state index in [2.05, 4.69) is 25.1 Å². The number of nitrogens with zero attached hydrogens (tertiary/aromatic N) is 6. The summed E-state index contributed by atoms with van der Waals surface area (Å²) in [7, 11) is 0. The maximum absolute atomic E-state index is 13.3. The van der Waals surface area contributed by atoms with Crippen LogP contribution in [0.2, 0.25) is 0 Å². The number of nitrogens with two attached hydrogens (primary N) is 1. The van der Waals surface area contributed by atoms with Gasteiger partial charge in [0.25, 0.3) is 0 Å². The van der Waals surface area contributed by atoms with Gasteiger partial charge in [-0.1, -0.05) is 6.07 Å². The summed E-state index contributed by atoms with van der Waals surface area (Å²) >= 11 is 0.832. The van der Waals surface area contributed by atoms with Crippen LogP contribution in [-0.4, -0.2) is 29.8 Å². The van der Waals surface area contributed by atoms with Gasteiger partial charge in [0, 0.05) is 12.3 Å². The van der Waals surface area contributed by atoms with Crippen molar-refractivity contribution in [2.75, 3.05) is 5.84 Å². The summed E-state index contributed by atoms with van der Waals surface area (Å²) < 4.78 is 46.4. The Hall–Kier alpha value is -3.41. The van der Waals surface area contributed by atoms with Gasteiger partial charge in [0.15, 0.2) is 11.6 Å². The van der Waals surface area contributed by atoms with Gasteiger partial charge in [-0.15, -0.1) is 10.2 Å². The molecule has 0 aliphatic rings. The van der Waals surface area contributed by atoms with Crippen molar-refractivity contribution in [3.63, 3.8) is 0 Å². The molecule has 4 rings (SSSR count). The number of aromatic nitrogens is 6. The highest BCUT2D eigenvalue weighted by Gasteiger charge is 2.34. The summed E-state index contributed by atoms with van der Waals surface area (Å²) in [4.78, 5) is 11.8. The van der Waals surface area contributed by atoms with Crippen molar-refractivity contribution >= 4 is 11.8 Å². The molecule has 8 nitrogen and oxygen atoms in total. The quantitative estimate of drug-likeness (QED) is 0.395. The second-order valence-corrected chi connectivity index (χ2v) is 6.78. The average molecular weight is 419 g/mol. The predicted octanol–water partition coefficient (Wildman–Crippen LogP) is 3.58. The number of halogens is 3. The van der Waals surface area contributed by atoms with Gasteiger partial charge in [-0.2, -0.15) is 13.2 Å². The summed E-state index contributed by atoms with van der Waals surface area (Å²) in [5.74, 6) is 6.78. The van der Waals surface area contributed by atoms with Crippen molar-refractivity contribution in [3.05, 3.63) is 54.2 Å². The van der Waals surface area contributed by atoms with Crippen LogP contribution in [0.4, 0.5) is 13.2 Å². The van der Waals surface area contributed by atoms with E-state index in [1.165, 1.54) is 23.2 Å². The van der Waals surface area contributed by atoms with Gasteiger partial charge in [0.2, 0.25) is 5.16 Å². The average Bonchev–Trinajstić information content (AvgIpc) is 3.27. The van der Waals surface area contributed by atoms with Gasteiger partial charge >= 0.3 is 6.18 Å². The Morgan fingerprint density at radius 2 is 1.97 bits per heavy atom. The van der Waals surface area contributed by atoms with Crippen LogP contribution >= 0.6 is 11.8 Å². The highest BCUT2D eigenvalue weighted by atomic mass is 32.2. The van der Waals surface area contributed by atoms with Crippen LogP contribution in [0.15, 0.2) is 57.4 Å². The van der Waals surface area contributed by atoms with Crippen molar-refractivity contribution in [2.45, 2.75) is 23.3 Å². The predicted molar refractivity (Wildman–Crippen MR) is 97.0 cm³/mol. The maximum Gasteiger partial charge on any atom is 0.433 e. The Labute approximate surface area is 166 Å². The van der Waals surface area contributed by atoms with E-state index in [4.69, 9.17) is 10.3 Å². The van der Waals surface area contributed by atoms with Gasteiger partial charge < -0.3 is 10.3 Å². The first-order chi connectivity index (χ1) is 13.8. The molecule has 0 aliphatic heterocycles. The first kappa shape index (κ1) is 18.9. The number of furan rings is 1. The number of nitrogen functional groups attached to an aromatic ring is 1. The maximum atomic E-state index is 13.3. The summed E-state index contributed by atoms with van der Waals surface area (Å²) in [6.07, 6.45) is -1.73. The smallest absolute Gasteiger partial charge is 0.433 e. The molecule has 0 atom stereocenters. The standard InChI is InChI=1S/C17H12F3N7OS/c1-9-10(5-7-28-9)15-25-26-16(27(15)21)29-13-8-12(17(18,19)20)23-14(24-13)11-4-2-3-6-22-11/h2-8H,21H2,1H3.